The molecule has 0 radical (unpaired) electrons. The molecule has 0 spiro atoms. The van der Waals surface area contributed by atoms with Crippen LogP contribution in [0.1, 0.15) is 31.2 Å². The smallest absolute Gasteiger partial charge is 0.306 e. The third kappa shape index (κ3) is 5.34. The number of allylic oxidation sites excluding steroid dienone is 1. The highest BCUT2D eigenvalue weighted by Gasteiger charge is 2.17. The Morgan fingerprint density at radius 1 is 1.29 bits per heavy atom. The second kappa shape index (κ2) is 7.66. The normalized spacial score (nSPS) is 12.0. The molecule has 0 aliphatic heterocycles. The summed E-state index contributed by atoms with van der Waals surface area (Å²) in [6.07, 6.45) is 6.21. The Hall–Kier alpha value is -1.57. The highest BCUT2D eigenvalue weighted by Crippen LogP contribution is 2.16. The van der Waals surface area contributed by atoms with E-state index in [-0.39, 0.29) is 5.92 Å². The fourth-order valence-electron chi connectivity index (χ4n) is 1.89. The maximum atomic E-state index is 11.1. The van der Waals surface area contributed by atoms with E-state index < -0.39 is 5.97 Å². The van der Waals surface area contributed by atoms with Gasteiger partial charge in [-0.3, -0.25) is 4.79 Å². The Balaban J connectivity index is 2.43. The number of hydrogen-bond acceptors (Lipinski definition) is 1. The third-order valence-corrected chi connectivity index (χ3v) is 2.89. The van der Waals surface area contributed by atoms with Crippen molar-refractivity contribution in [1.82, 2.24) is 0 Å². The van der Waals surface area contributed by atoms with Crippen LogP contribution in [0.4, 0.5) is 0 Å². The van der Waals surface area contributed by atoms with Crippen molar-refractivity contribution in [2.24, 2.45) is 5.92 Å². The summed E-state index contributed by atoms with van der Waals surface area (Å²) >= 11 is 0. The second-order valence-corrected chi connectivity index (χ2v) is 4.30. The van der Waals surface area contributed by atoms with Crippen LogP contribution in [0.5, 0.6) is 0 Å². The molecule has 0 aliphatic rings. The van der Waals surface area contributed by atoms with Gasteiger partial charge in [-0.15, -0.1) is 6.58 Å². The van der Waals surface area contributed by atoms with Crippen molar-refractivity contribution in [2.45, 2.75) is 32.1 Å². The van der Waals surface area contributed by atoms with Crippen LogP contribution in [-0.2, 0) is 11.2 Å². The molecule has 1 aromatic rings. The first-order valence-corrected chi connectivity index (χ1v) is 6.11. The summed E-state index contributed by atoms with van der Waals surface area (Å²) < 4.78 is 0. The van der Waals surface area contributed by atoms with Crippen LogP contribution in [0.3, 0.4) is 0 Å². The molecule has 92 valence electrons. The second-order valence-electron chi connectivity index (χ2n) is 4.30. The van der Waals surface area contributed by atoms with Gasteiger partial charge in [0.1, 0.15) is 0 Å². The van der Waals surface area contributed by atoms with Crippen LogP contribution in [-0.4, -0.2) is 11.1 Å². The molecule has 0 amide bonds. The van der Waals surface area contributed by atoms with E-state index >= 15 is 0 Å². The summed E-state index contributed by atoms with van der Waals surface area (Å²) in [5.74, 6) is -0.949. The first kappa shape index (κ1) is 13.5. The van der Waals surface area contributed by atoms with Crippen molar-refractivity contribution in [1.29, 1.82) is 0 Å². The molecule has 1 aromatic carbocycles. The van der Waals surface area contributed by atoms with Gasteiger partial charge < -0.3 is 5.11 Å². The molecule has 0 saturated carbocycles. The summed E-state index contributed by atoms with van der Waals surface area (Å²) in [7, 11) is 0. The Labute approximate surface area is 103 Å². The number of carboxylic acid groups (broad SMARTS) is 1. The van der Waals surface area contributed by atoms with Crippen LogP contribution in [0.25, 0.3) is 0 Å². The first-order chi connectivity index (χ1) is 8.24. The lowest BCUT2D eigenvalue weighted by Crippen LogP contribution is -2.16. The summed E-state index contributed by atoms with van der Waals surface area (Å²) in [5.41, 5.74) is 1.10. The van der Waals surface area contributed by atoms with E-state index in [4.69, 9.17) is 0 Å². The van der Waals surface area contributed by atoms with Gasteiger partial charge >= 0.3 is 5.97 Å². The number of carboxylic acids is 1. The molecule has 17 heavy (non-hydrogen) atoms. The van der Waals surface area contributed by atoms with Crippen molar-refractivity contribution in [3.05, 3.63) is 48.6 Å². The van der Waals surface area contributed by atoms with Crippen molar-refractivity contribution >= 4 is 5.97 Å². The third-order valence-electron chi connectivity index (χ3n) is 2.89. The van der Waals surface area contributed by atoms with Crippen molar-refractivity contribution in [2.75, 3.05) is 0 Å². The molecule has 0 aliphatic carbocycles. The molecule has 0 heterocycles. The van der Waals surface area contributed by atoms with E-state index in [9.17, 15) is 9.90 Å². The topological polar surface area (TPSA) is 37.3 Å². The number of rotatable bonds is 8. The largest absolute Gasteiger partial charge is 0.481 e. The molecule has 1 N–H and O–H groups in total. The molecule has 2 nitrogen and oxygen atoms in total. The molecule has 0 fully saturated rings. The van der Waals surface area contributed by atoms with Crippen LogP contribution < -0.4 is 0 Å². The van der Waals surface area contributed by atoms with Crippen molar-refractivity contribution < 1.29 is 9.90 Å². The molecule has 1 atom stereocenters. The molecule has 1 rings (SSSR count). The zero-order valence-electron chi connectivity index (χ0n) is 10.1. The average Bonchev–Trinajstić information content (AvgIpc) is 2.34. The summed E-state index contributed by atoms with van der Waals surface area (Å²) in [4.78, 5) is 11.1. The summed E-state index contributed by atoms with van der Waals surface area (Å²) in [5, 5.41) is 9.17. The van der Waals surface area contributed by atoms with E-state index in [0.29, 0.717) is 6.42 Å². The predicted octanol–water partition coefficient (Wildman–Crippen LogP) is 3.68. The lowest BCUT2D eigenvalue weighted by atomic mass is 9.94. The van der Waals surface area contributed by atoms with Crippen LogP contribution in [0, 0.1) is 5.92 Å². The number of hydrogen-bond donors (Lipinski definition) is 1. The Bertz CT molecular complexity index is 343. The number of aliphatic carboxylic acids is 1. The highest BCUT2D eigenvalue weighted by molar-refractivity contribution is 5.70. The lowest BCUT2D eigenvalue weighted by Gasteiger charge is -2.11. The van der Waals surface area contributed by atoms with Crippen LogP contribution in [0.15, 0.2) is 43.0 Å². The molecular weight excluding hydrogens is 212 g/mol. The van der Waals surface area contributed by atoms with Crippen molar-refractivity contribution in [3.8, 4) is 0 Å². The quantitative estimate of drug-likeness (QED) is 0.548. The van der Waals surface area contributed by atoms with E-state index in [1.807, 2.05) is 36.4 Å². The average molecular weight is 232 g/mol. The van der Waals surface area contributed by atoms with Gasteiger partial charge in [0.2, 0.25) is 0 Å². The Morgan fingerprint density at radius 2 is 2.00 bits per heavy atom. The zero-order chi connectivity index (χ0) is 12.5. The Kier molecular flexibility index (Phi) is 6.08. The minimum absolute atomic E-state index is 0.262. The van der Waals surface area contributed by atoms with Gasteiger partial charge in [0.25, 0.3) is 0 Å². The fourth-order valence-corrected chi connectivity index (χ4v) is 1.89. The van der Waals surface area contributed by atoms with Gasteiger partial charge in [-0.1, -0.05) is 42.8 Å². The van der Waals surface area contributed by atoms with Gasteiger partial charge in [-0.05, 0) is 31.2 Å². The molecule has 0 saturated heterocycles. The maximum absolute atomic E-state index is 11.1. The van der Waals surface area contributed by atoms with E-state index in [1.54, 1.807) is 0 Å². The minimum atomic E-state index is -0.688. The lowest BCUT2D eigenvalue weighted by molar-refractivity contribution is -0.142. The van der Waals surface area contributed by atoms with Crippen LogP contribution in [0.2, 0.25) is 0 Å². The summed E-state index contributed by atoms with van der Waals surface area (Å²) in [6, 6.07) is 9.82. The van der Waals surface area contributed by atoms with Gasteiger partial charge in [0.15, 0.2) is 0 Å². The van der Waals surface area contributed by atoms with Crippen molar-refractivity contribution in [3.63, 3.8) is 0 Å². The molecular formula is C15H20O2. The van der Waals surface area contributed by atoms with E-state index in [0.717, 1.165) is 31.2 Å². The van der Waals surface area contributed by atoms with E-state index in [2.05, 4.69) is 6.58 Å². The molecule has 1 unspecified atom stereocenters. The summed E-state index contributed by atoms with van der Waals surface area (Å²) in [6.45, 7) is 3.66. The molecule has 0 bridgehead atoms. The van der Waals surface area contributed by atoms with Gasteiger partial charge in [0, 0.05) is 0 Å². The monoisotopic (exact) mass is 232 g/mol. The fraction of sp³-hybridized carbons (Fsp3) is 0.400. The van der Waals surface area contributed by atoms with Gasteiger partial charge in [-0.25, -0.2) is 0 Å². The first-order valence-electron chi connectivity index (χ1n) is 6.11. The Morgan fingerprint density at radius 3 is 2.59 bits per heavy atom. The number of carbonyl (C=O) groups is 1. The number of unbranched alkanes of at least 4 members (excludes halogenated alkanes) is 2. The standard InChI is InChI=1S/C15H20O2/c1-2-3-4-8-11-14(15(16)17)12-13-9-6-5-7-10-13/h2,5-7,9-10,14H,1,3-4,8,11-12H2,(H,16,17). The zero-order valence-corrected chi connectivity index (χ0v) is 10.1. The minimum Gasteiger partial charge on any atom is -0.481 e. The predicted molar refractivity (Wildman–Crippen MR) is 69.9 cm³/mol. The highest BCUT2D eigenvalue weighted by atomic mass is 16.4. The maximum Gasteiger partial charge on any atom is 0.306 e. The molecule has 0 aromatic heterocycles. The van der Waals surface area contributed by atoms with Crippen LogP contribution >= 0.6 is 0 Å². The number of benzene rings is 1. The van der Waals surface area contributed by atoms with E-state index in [1.165, 1.54) is 0 Å². The van der Waals surface area contributed by atoms with Gasteiger partial charge in [0.05, 0.1) is 5.92 Å². The SMILES string of the molecule is C=CCCCCC(Cc1ccccc1)C(=O)O. The molecule has 2 heteroatoms. The van der Waals surface area contributed by atoms with Gasteiger partial charge in [-0.2, -0.15) is 0 Å².